The summed E-state index contributed by atoms with van der Waals surface area (Å²) in [7, 11) is 0. The lowest BCUT2D eigenvalue weighted by molar-refractivity contribution is 0.292. The fourth-order valence-corrected chi connectivity index (χ4v) is 1.70. The normalized spacial score (nSPS) is 10.6. The van der Waals surface area contributed by atoms with E-state index in [1.54, 1.807) is 0 Å². The molecular formula is C15H26N2O2. The number of hydrogen-bond acceptors (Lipinski definition) is 4. The van der Waals surface area contributed by atoms with Crippen LogP contribution in [0.4, 0.5) is 0 Å². The van der Waals surface area contributed by atoms with Gasteiger partial charge in [-0.2, -0.15) is 0 Å². The molecule has 1 rings (SSSR count). The molecule has 0 aliphatic heterocycles. The number of aliphatic hydroxyl groups excluding tert-OH is 1. The molecule has 0 bridgehead atoms. The Morgan fingerprint density at radius 2 is 1.79 bits per heavy atom. The second-order valence-electron chi connectivity index (χ2n) is 4.50. The molecule has 0 heterocycles. The number of aliphatic hydroxyl groups is 1. The number of rotatable bonds is 11. The molecule has 0 saturated carbocycles. The third-order valence-electron chi connectivity index (χ3n) is 2.72. The maximum absolute atomic E-state index is 8.61. The zero-order valence-corrected chi connectivity index (χ0v) is 11.8. The molecule has 108 valence electrons. The van der Waals surface area contributed by atoms with Crippen molar-refractivity contribution in [2.45, 2.75) is 26.3 Å². The average molecular weight is 266 g/mol. The second kappa shape index (κ2) is 10.8. The van der Waals surface area contributed by atoms with E-state index in [-0.39, 0.29) is 6.61 Å². The van der Waals surface area contributed by atoms with Crippen molar-refractivity contribution in [3.63, 3.8) is 0 Å². The van der Waals surface area contributed by atoms with E-state index in [0.29, 0.717) is 6.54 Å². The van der Waals surface area contributed by atoms with Crippen LogP contribution in [0, 0.1) is 0 Å². The molecule has 4 nitrogen and oxygen atoms in total. The lowest BCUT2D eigenvalue weighted by Gasteiger charge is -2.07. The minimum atomic E-state index is 0.208. The zero-order chi connectivity index (χ0) is 13.8. The monoisotopic (exact) mass is 266 g/mol. The standard InChI is InChI=1S/C15H26N2O2/c1-2-12-19-15-6-4-14(5-7-15)13-17-9-3-8-16-10-11-18/h4-7,16-18H,2-3,8-13H2,1H3. The molecule has 1 aromatic carbocycles. The Morgan fingerprint density at radius 1 is 1.05 bits per heavy atom. The topological polar surface area (TPSA) is 53.5 Å². The molecule has 3 N–H and O–H groups in total. The predicted molar refractivity (Wildman–Crippen MR) is 78.5 cm³/mol. The first kappa shape index (κ1) is 16.0. The zero-order valence-electron chi connectivity index (χ0n) is 11.8. The summed E-state index contributed by atoms with van der Waals surface area (Å²) in [6.07, 6.45) is 2.10. The SMILES string of the molecule is CCCOc1ccc(CNCCCNCCO)cc1. The summed E-state index contributed by atoms with van der Waals surface area (Å²) in [5, 5.41) is 15.2. The van der Waals surface area contributed by atoms with Crippen LogP contribution >= 0.6 is 0 Å². The van der Waals surface area contributed by atoms with Crippen LogP contribution in [0.3, 0.4) is 0 Å². The van der Waals surface area contributed by atoms with Crippen LogP contribution in [-0.4, -0.2) is 38.0 Å². The molecule has 0 fully saturated rings. The Hall–Kier alpha value is -1.10. The van der Waals surface area contributed by atoms with Crippen molar-refractivity contribution < 1.29 is 9.84 Å². The first-order valence-corrected chi connectivity index (χ1v) is 7.11. The van der Waals surface area contributed by atoms with Gasteiger partial charge in [0.15, 0.2) is 0 Å². The smallest absolute Gasteiger partial charge is 0.119 e. The highest BCUT2D eigenvalue weighted by atomic mass is 16.5. The van der Waals surface area contributed by atoms with Gasteiger partial charge in [0.25, 0.3) is 0 Å². The first-order chi connectivity index (χ1) is 9.36. The maximum atomic E-state index is 8.61. The van der Waals surface area contributed by atoms with Crippen LogP contribution in [0.1, 0.15) is 25.3 Å². The lowest BCUT2D eigenvalue weighted by atomic mass is 10.2. The molecule has 0 saturated heterocycles. The minimum absolute atomic E-state index is 0.208. The van der Waals surface area contributed by atoms with Gasteiger partial charge in [-0.15, -0.1) is 0 Å². The van der Waals surface area contributed by atoms with E-state index in [2.05, 4.69) is 29.7 Å². The Balaban J connectivity index is 2.09. The van der Waals surface area contributed by atoms with Crippen molar-refractivity contribution >= 4 is 0 Å². The predicted octanol–water partition coefficient (Wildman–Crippen LogP) is 1.54. The van der Waals surface area contributed by atoms with E-state index in [0.717, 1.165) is 44.8 Å². The van der Waals surface area contributed by atoms with Gasteiger partial charge in [-0.25, -0.2) is 0 Å². The van der Waals surface area contributed by atoms with Gasteiger partial charge >= 0.3 is 0 Å². The molecule has 0 atom stereocenters. The summed E-state index contributed by atoms with van der Waals surface area (Å²) in [6, 6.07) is 8.25. The van der Waals surface area contributed by atoms with E-state index in [1.807, 2.05) is 12.1 Å². The molecule has 0 amide bonds. The number of ether oxygens (including phenoxy) is 1. The molecule has 4 heteroatoms. The highest BCUT2D eigenvalue weighted by molar-refractivity contribution is 5.27. The molecule has 0 spiro atoms. The van der Waals surface area contributed by atoms with Crippen molar-refractivity contribution in [2.75, 3.05) is 32.8 Å². The quantitative estimate of drug-likeness (QED) is 0.532. The van der Waals surface area contributed by atoms with Crippen molar-refractivity contribution in [3.05, 3.63) is 29.8 Å². The third-order valence-corrected chi connectivity index (χ3v) is 2.72. The Morgan fingerprint density at radius 3 is 2.47 bits per heavy atom. The second-order valence-corrected chi connectivity index (χ2v) is 4.50. The number of nitrogens with one attached hydrogen (secondary N) is 2. The van der Waals surface area contributed by atoms with Crippen molar-refractivity contribution in [3.8, 4) is 5.75 Å². The number of benzene rings is 1. The summed E-state index contributed by atoms with van der Waals surface area (Å²) in [4.78, 5) is 0. The van der Waals surface area contributed by atoms with Crippen LogP contribution in [-0.2, 0) is 6.54 Å². The first-order valence-electron chi connectivity index (χ1n) is 7.11. The van der Waals surface area contributed by atoms with E-state index < -0.39 is 0 Å². The molecule has 0 aliphatic carbocycles. The van der Waals surface area contributed by atoms with Crippen LogP contribution in [0.2, 0.25) is 0 Å². The largest absolute Gasteiger partial charge is 0.494 e. The molecular weight excluding hydrogens is 240 g/mol. The van der Waals surface area contributed by atoms with Gasteiger partial charge in [0, 0.05) is 13.1 Å². The van der Waals surface area contributed by atoms with E-state index >= 15 is 0 Å². The Bertz CT molecular complexity index is 314. The van der Waals surface area contributed by atoms with Crippen LogP contribution in [0.15, 0.2) is 24.3 Å². The van der Waals surface area contributed by atoms with Gasteiger partial charge in [-0.3, -0.25) is 0 Å². The molecule has 0 aliphatic rings. The van der Waals surface area contributed by atoms with Crippen molar-refractivity contribution in [1.29, 1.82) is 0 Å². The average Bonchev–Trinajstić information content (AvgIpc) is 2.45. The fourth-order valence-electron chi connectivity index (χ4n) is 1.70. The van der Waals surface area contributed by atoms with Gasteiger partial charge < -0.3 is 20.5 Å². The van der Waals surface area contributed by atoms with Crippen LogP contribution in [0.5, 0.6) is 5.75 Å². The summed E-state index contributed by atoms with van der Waals surface area (Å²) < 4.78 is 5.54. The van der Waals surface area contributed by atoms with Crippen molar-refractivity contribution in [2.24, 2.45) is 0 Å². The van der Waals surface area contributed by atoms with E-state index in [1.165, 1.54) is 5.56 Å². The van der Waals surface area contributed by atoms with E-state index in [9.17, 15) is 0 Å². The van der Waals surface area contributed by atoms with Gasteiger partial charge in [-0.1, -0.05) is 19.1 Å². The summed E-state index contributed by atoms with van der Waals surface area (Å²) in [6.45, 7) is 6.57. The molecule has 0 radical (unpaired) electrons. The van der Waals surface area contributed by atoms with Gasteiger partial charge in [0.05, 0.1) is 13.2 Å². The molecule has 19 heavy (non-hydrogen) atoms. The van der Waals surface area contributed by atoms with Crippen molar-refractivity contribution in [1.82, 2.24) is 10.6 Å². The fraction of sp³-hybridized carbons (Fsp3) is 0.600. The van der Waals surface area contributed by atoms with Crippen LogP contribution < -0.4 is 15.4 Å². The van der Waals surface area contributed by atoms with E-state index in [4.69, 9.17) is 9.84 Å². The third kappa shape index (κ3) is 7.82. The molecule has 1 aromatic rings. The highest BCUT2D eigenvalue weighted by Crippen LogP contribution is 2.12. The Labute approximate surface area is 116 Å². The summed E-state index contributed by atoms with van der Waals surface area (Å²) in [5.41, 5.74) is 1.27. The van der Waals surface area contributed by atoms with Crippen LogP contribution in [0.25, 0.3) is 0 Å². The number of hydrogen-bond donors (Lipinski definition) is 3. The minimum Gasteiger partial charge on any atom is -0.494 e. The summed E-state index contributed by atoms with van der Waals surface area (Å²) in [5.74, 6) is 0.943. The van der Waals surface area contributed by atoms with Gasteiger partial charge in [0.1, 0.15) is 5.75 Å². The maximum Gasteiger partial charge on any atom is 0.119 e. The molecule has 0 aromatic heterocycles. The summed E-state index contributed by atoms with van der Waals surface area (Å²) >= 11 is 0. The van der Waals surface area contributed by atoms with Gasteiger partial charge in [-0.05, 0) is 43.6 Å². The highest BCUT2D eigenvalue weighted by Gasteiger charge is 1.95. The van der Waals surface area contributed by atoms with Gasteiger partial charge in [0.2, 0.25) is 0 Å². The lowest BCUT2D eigenvalue weighted by Crippen LogP contribution is -2.23. The Kier molecular flexibility index (Phi) is 9.06. The molecule has 0 unspecified atom stereocenters.